The molecule has 0 fully saturated rings. The molecule has 166 valence electrons. The van der Waals surface area contributed by atoms with Gasteiger partial charge in [0.15, 0.2) is 11.3 Å². The molecule has 34 heavy (non-hydrogen) atoms. The topological polar surface area (TPSA) is 48.5 Å². The van der Waals surface area contributed by atoms with Gasteiger partial charge >= 0.3 is 0 Å². The van der Waals surface area contributed by atoms with E-state index in [4.69, 9.17) is 15.2 Å². The van der Waals surface area contributed by atoms with Gasteiger partial charge in [0.1, 0.15) is 11.6 Å². The second-order valence-corrected chi connectivity index (χ2v) is 8.17. The lowest BCUT2D eigenvalue weighted by Gasteiger charge is -2.10. The van der Waals surface area contributed by atoms with Gasteiger partial charge in [-0.1, -0.05) is 36.4 Å². The number of hydrogen-bond acceptors (Lipinski definition) is 3. The standard InChI is InChI=1S/C27H19F2N5/c1-16-23-25(21-15-18(28)13-14-22(21)29)24-17(2)32-34(20-11-7-4-8-12-20)27(24)30-26(23)33(31-16)19-9-5-3-6-10-19/h3-15H,1-2H3. The summed E-state index contributed by atoms with van der Waals surface area (Å²) in [5.74, 6) is -1.04. The average Bonchev–Trinajstić information content (AvgIpc) is 3.37. The Kier molecular flexibility index (Phi) is 4.52. The zero-order valence-corrected chi connectivity index (χ0v) is 18.5. The third kappa shape index (κ3) is 3.01. The van der Waals surface area contributed by atoms with Gasteiger partial charge in [0, 0.05) is 11.1 Å². The highest BCUT2D eigenvalue weighted by Crippen LogP contribution is 2.40. The van der Waals surface area contributed by atoms with Crippen LogP contribution in [-0.2, 0) is 0 Å². The van der Waals surface area contributed by atoms with E-state index in [2.05, 4.69) is 0 Å². The first-order valence-corrected chi connectivity index (χ1v) is 10.9. The van der Waals surface area contributed by atoms with Gasteiger partial charge in [0.05, 0.1) is 33.5 Å². The van der Waals surface area contributed by atoms with Crippen molar-refractivity contribution in [3.8, 4) is 22.5 Å². The van der Waals surface area contributed by atoms with Crippen molar-refractivity contribution >= 4 is 22.1 Å². The van der Waals surface area contributed by atoms with Crippen LogP contribution in [-0.4, -0.2) is 24.5 Å². The summed E-state index contributed by atoms with van der Waals surface area (Å²) in [6.45, 7) is 3.71. The highest BCUT2D eigenvalue weighted by atomic mass is 19.1. The van der Waals surface area contributed by atoms with Crippen LogP contribution in [0.5, 0.6) is 0 Å². The Labute approximate surface area is 193 Å². The summed E-state index contributed by atoms with van der Waals surface area (Å²) in [5, 5.41) is 10.8. The van der Waals surface area contributed by atoms with E-state index in [1.165, 1.54) is 6.07 Å². The lowest BCUT2D eigenvalue weighted by molar-refractivity contribution is 0.603. The monoisotopic (exact) mass is 451 g/mol. The maximum atomic E-state index is 15.2. The van der Waals surface area contributed by atoms with Crippen molar-refractivity contribution in [1.29, 1.82) is 0 Å². The van der Waals surface area contributed by atoms with Gasteiger partial charge in [-0.15, -0.1) is 0 Å². The van der Waals surface area contributed by atoms with Gasteiger partial charge in [-0.3, -0.25) is 0 Å². The molecule has 0 N–H and O–H groups in total. The molecule has 0 amide bonds. The van der Waals surface area contributed by atoms with Crippen LogP contribution in [0.1, 0.15) is 11.4 Å². The molecule has 0 spiro atoms. The van der Waals surface area contributed by atoms with Crippen LogP contribution in [0.2, 0.25) is 0 Å². The van der Waals surface area contributed by atoms with Gasteiger partial charge in [0.2, 0.25) is 0 Å². The van der Waals surface area contributed by atoms with E-state index in [1.54, 1.807) is 9.36 Å². The quantitative estimate of drug-likeness (QED) is 0.316. The van der Waals surface area contributed by atoms with E-state index < -0.39 is 11.6 Å². The number of hydrogen-bond donors (Lipinski definition) is 0. The van der Waals surface area contributed by atoms with Crippen molar-refractivity contribution in [2.45, 2.75) is 13.8 Å². The number of para-hydroxylation sites is 2. The Morgan fingerprint density at radius 2 is 1.15 bits per heavy atom. The van der Waals surface area contributed by atoms with Crippen LogP contribution < -0.4 is 0 Å². The summed E-state index contributed by atoms with van der Waals surface area (Å²) < 4.78 is 33.0. The van der Waals surface area contributed by atoms with Gasteiger partial charge in [-0.25, -0.2) is 23.1 Å². The zero-order chi connectivity index (χ0) is 23.4. The molecule has 0 bridgehead atoms. The summed E-state index contributed by atoms with van der Waals surface area (Å²) in [7, 11) is 0. The number of fused-ring (bicyclic) bond motifs is 2. The van der Waals surface area contributed by atoms with Crippen LogP contribution in [0.25, 0.3) is 44.6 Å². The molecule has 3 heterocycles. The fourth-order valence-corrected chi connectivity index (χ4v) is 4.50. The number of halogens is 2. The van der Waals surface area contributed by atoms with Crippen molar-refractivity contribution < 1.29 is 8.78 Å². The van der Waals surface area contributed by atoms with E-state index in [1.807, 2.05) is 74.5 Å². The van der Waals surface area contributed by atoms with Crippen LogP contribution in [0.4, 0.5) is 8.78 Å². The number of aryl methyl sites for hydroxylation is 2. The van der Waals surface area contributed by atoms with Crippen LogP contribution >= 0.6 is 0 Å². The molecule has 3 aromatic heterocycles. The van der Waals surface area contributed by atoms with Crippen LogP contribution in [0.15, 0.2) is 78.9 Å². The highest BCUT2D eigenvalue weighted by Gasteiger charge is 2.25. The predicted molar refractivity (Wildman–Crippen MR) is 128 cm³/mol. The summed E-state index contributed by atoms with van der Waals surface area (Å²) in [6, 6.07) is 22.7. The first kappa shape index (κ1) is 20.2. The molecule has 5 nitrogen and oxygen atoms in total. The predicted octanol–water partition coefficient (Wildman–Crippen LogP) is 6.32. The van der Waals surface area contributed by atoms with Gasteiger partial charge in [-0.05, 0) is 56.3 Å². The maximum absolute atomic E-state index is 15.2. The first-order chi connectivity index (χ1) is 16.5. The molecule has 7 heteroatoms. The summed E-state index contributed by atoms with van der Waals surface area (Å²) >= 11 is 0. The lowest BCUT2D eigenvalue weighted by Crippen LogP contribution is -2.01. The number of aromatic nitrogens is 5. The van der Waals surface area contributed by atoms with E-state index in [0.717, 1.165) is 23.5 Å². The lowest BCUT2D eigenvalue weighted by atomic mass is 9.97. The second-order valence-electron chi connectivity index (χ2n) is 8.17. The van der Waals surface area contributed by atoms with Crippen molar-refractivity contribution in [3.05, 3.63) is 102 Å². The fourth-order valence-electron chi connectivity index (χ4n) is 4.50. The Morgan fingerprint density at radius 3 is 1.65 bits per heavy atom. The molecule has 0 atom stereocenters. The van der Waals surface area contributed by atoms with Crippen molar-refractivity contribution in [2.75, 3.05) is 0 Å². The largest absolute Gasteiger partial charge is 0.214 e. The average molecular weight is 451 g/mol. The van der Waals surface area contributed by atoms with Gasteiger partial charge < -0.3 is 0 Å². The third-order valence-electron chi connectivity index (χ3n) is 5.98. The van der Waals surface area contributed by atoms with Crippen LogP contribution in [0, 0.1) is 25.5 Å². The van der Waals surface area contributed by atoms with E-state index in [9.17, 15) is 4.39 Å². The van der Waals surface area contributed by atoms with E-state index in [0.29, 0.717) is 39.0 Å². The van der Waals surface area contributed by atoms with Crippen molar-refractivity contribution in [1.82, 2.24) is 24.5 Å². The minimum Gasteiger partial charge on any atom is -0.214 e. The Hall–Kier alpha value is -4.39. The molecule has 0 saturated heterocycles. The molecular formula is C27H19F2N5. The first-order valence-electron chi connectivity index (χ1n) is 10.9. The van der Waals surface area contributed by atoms with Crippen LogP contribution in [0.3, 0.4) is 0 Å². The third-order valence-corrected chi connectivity index (χ3v) is 5.98. The van der Waals surface area contributed by atoms with Gasteiger partial charge in [-0.2, -0.15) is 10.2 Å². The molecule has 0 radical (unpaired) electrons. The molecule has 6 aromatic rings. The number of pyridine rings is 1. The number of rotatable bonds is 3. The molecule has 0 aliphatic heterocycles. The molecule has 3 aromatic carbocycles. The molecular weight excluding hydrogens is 432 g/mol. The summed E-state index contributed by atoms with van der Waals surface area (Å²) in [6.07, 6.45) is 0. The molecule has 0 unspecified atom stereocenters. The molecule has 0 saturated carbocycles. The molecule has 0 aliphatic carbocycles. The van der Waals surface area contributed by atoms with Gasteiger partial charge in [0.25, 0.3) is 0 Å². The molecule has 0 aliphatic rings. The Balaban J connectivity index is 1.83. The number of nitrogens with zero attached hydrogens (tertiary/aromatic N) is 5. The SMILES string of the molecule is Cc1nn(-c2ccccc2)c2nc3c(c(C)nn3-c3ccccc3)c(-c3cc(F)ccc3F)c12. The minimum absolute atomic E-state index is 0.156. The highest BCUT2D eigenvalue weighted by molar-refractivity contribution is 6.10. The minimum atomic E-state index is -0.520. The second kappa shape index (κ2) is 7.59. The number of benzene rings is 3. The summed E-state index contributed by atoms with van der Waals surface area (Å²) in [4.78, 5) is 5.00. The van der Waals surface area contributed by atoms with E-state index >= 15 is 4.39 Å². The summed E-state index contributed by atoms with van der Waals surface area (Å²) in [5.41, 5.74) is 4.76. The van der Waals surface area contributed by atoms with Crippen molar-refractivity contribution in [2.24, 2.45) is 0 Å². The van der Waals surface area contributed by atoms with Crippen molar-refractivity contribution in [3.63, 3.8) is 0 Å². The zero-order valence-electron chi connectivity index (χ0n) is 18.5. The molecule has 6 rings (SSSR count). The normalized spacial score (nSPS) is 11.5. The Bertz CT molecular complexity index is 1590. The smallest absolute Gasteiger partial charge is 0.166 e. The Morgan fingerprint density at radius 1 is 0.647 bits per heavy atom. The maximum Gasteiger partial charge on any atom is 0.166 e. The van der Waals surface area contributed by atoms with E-state index in [-0.39, 0.29) is 5.56 Å². The fraction of sp³-hybridized carbons (Fsp3) is 0.0741.